The Labute approximate surface area is 113 Å². The third kappa shape index (κ3) is 3.18. The summed E-state index contributed by atoms with van der Waals surface area (Å²) in [6.45, 7) is 2.67. The quantitative estimate of drug-likeness (QED) is 0.592. The van der Waals surface area contributed by atoms with Gasteiger partial charge in [0.15, 0.2) is 0 Å². The van der Waals surface area contributed by atoms with E-state index in [9.17, 15) is 0 Å². The third-order valence-corrected chi connectivity index (χ3v) is 2.76. The van der Waals surface area contributed by atoms with Crippen LogP contribution in [0.25, 0.3) is 10.8 Å². The zero-order chi connectivity index (χ0) is 12.8. The molecule has 0 unspecified atom stereocenters. The Bertz CT molecular complexity index is 593. The van der Waals surface area contributed by atoms with Crippen LogP contribution in [-0.4, -0.2) is 12.5 Å². The predicted octanol–water partition coefficient (Wildman–Crippen LogP) is 4.22. The van der Waals surface area contributed by atoms with Crippen LogP contribution in [0.15, 0.2) is 36.4 Å². The molecule has 0 radical (unpaired) electrons. The zero-order valence-electron chi connectivity index (χ0n) is 10.4. The number of fused-ring (bicyclic) bond motifs is 1. The van der Waals surface area contributed by atoms with Crippen LogP contribution in [0.4, 0.5) is 0 Å². The Hall–Kier alpha value is -1.65. The summed E-state index contributed by atoms with van der Waals surface area (Å²) in [5.74, 6) is 7.64. The van der Waals surface area contributed by atoms with E-state index in [0.717, 1.165) is 17.7 Å². The van der Waals surface area contributed by atoms with Gasteiger partial charge in [0.05, 0.1) is 6.61 Å². The molecule has 18 heavy (non-hydrogen) atoms. The van der Waals surface area contributed by atoms with Crippen LogP contribution in [-0.2, 0) is 0 Å². The van der Waals surface area contributed by atoms with Crippen LogP contribution in [0.2, 0.25) is 0 Å². The second kappa shape index (κ2) is 6.33. The first-order chi connectivity index (χ1) is 8.83. The molecular formula is C16H15ClO. The molecule has 0 N–H and O–H groups in total. The zero-order valence-corrected chi connectivity index (χ0v) is 11.1. The Kier molecular flexibility index (Phi) is 4.50. The first-order valence-corrected chi connectivity index (χ1v) is 6.58. The van der Waals surface area contributed by atoms with Crippen LogP contribution in [0, 0.1) is 11.8 Å². The number of hydrogen-bond donors (Lipinski definition) is 0. The van der Waals surface area contributed by atoms with Crippen molar-refractivity contribution in [2.45, 2.75) is 13.3 Å². The topological polar surface area (TPSA) is 9.23 Å². The molecular weight excluding hydrogens is 244 g/mol. The summed E-state index contributed by atoms with van der Waals surface area (Å²) >= 11 is 5.59. The van der Waals surface area contributed by atoms with Gasteiger partial charge in [-0.2, -0.15) is 0 Å². The summed E-state index contributed by atoms with van der Waals surface area (Å²) in [6, 6.07) is 12.3. The van der Waals surface area contributed by atoms with Crippen molar-refractivity contribution in [2.75, 3.05) is 12.5 Å². The molecule has 0 aliphatic heterocycles. The lowest BCUT2D eigenvalue weighted by Gasteiger charge is -2.04. The van der Waals surface area contributed by atoms with E-state index in [1.54, 1.807) is 0 Å². The van der Waals surface area contributed by atoms with Crippen LogP contribution >= 0.6 is 11.6 Å². The maximum atomic E-state index is 5.59. The van der Waals surface area contributed by atoms with Gasteiger partial charge < -0.3 is 4.74 Å². The molecule has 0 saturated heterocycles. The molecule has 2 heteroatoms. The first-order valence-electron chi connectivity index (χ1n) is 6.05. The minimum absolute atomic E-state index is 0.582. The second-order valence-corrected chi connectivity index (χ2v) is 4.28. The lowest BCUT2D eigenvalue weighted by atomic mass is 10.1. The Balaban J connectivity index is 2.30. The van der Waals surface area contributed by atoms with Crippen LogP contribution < -0.4 is 4.74 Å². The molecule has 0 atom stereocenters. The fourth-order valence-corrected chi connectivity index (χ4v) is 1.86. The summed E-state index contributed by atoms with van der Waals surface area (Å²) in [5, 5.41) is 2.35. The van der Waals surface area contributed by atoms with Crippen LogP contribution in [0.5, 0.6) is 5.75 Å². The Morgan fingerprint density at radius 3 is 2.67 bits per heavy atom. The van der Waals surface area contributed by atoms with E-state index < -0.39 is 0 Å². The summed E-state index contributed by atoms with van der Waals surface area (Å²) < 4.78 is 5.48. The van der Waals surface area contributed by atoms with Gasteiger partial charge in [-0.25, -0.2) is 0 Å². The number of benzene rings is 2. The smallest absolute Gasteiger partial charge is 0.119 e. The van der Waals surface area contributed by atoms with E-state index in [0.29, 0.717) is 12.5 Å². The molecule has 2 aromatic rings. The van der Waals surface area contributed by atoms with E-state index in [4.69, 9.17) is 16.3 Å². The molecule has 2 rings (SSSR count). The maximum Gasteiger partial charge on any atom is 0.119 e. The number of hydrogen-bond acceptors (Lipinski definition) is 1. The van der Waals surface area contributed by atoms with Crippen molar-refractivity contribution in [3.63, 3.8) is 0 Å². The average molecular weight is 259 g/mol. The maximum absolute atomic E-state index is 5.59. The summed E-state index contributed by atoms with van der Waals surface area (Å²) in [6.07, 6.45) is 0.725. The standard InChI is InChI=1S/C16H15ClO/c1-2-18-16-9-8-14-11-13(5-3-4-10-17)6-7-15(14)12-16/h6-9,11-12H,2,4,10H2,1H3. The fourth-order valence-electron chi connectivity index (χ4n) is 1.77. The van der Waals surface area contributed by atoms with Crippen molar-refractivity contribution in [1.82, 2.24) is 0 Å². The van der Waals surface area contributed by atoms with Gasteiger partial charge in [-0.05, 0) is 42.0 Å². The number of alkyl halides is 1. The van der Waals surface area contributed by atoms with Gasteiger partial charge >= 0.3 is 0 Å². The van der Waals surface area contributed by atoms with E-state index in [-0.39, 0.29) is 0 Å². The number of ether oxygens (including phenoxy) is 1. The molecule has 0 aliphatic rings. The van der Waals surface area contributed by atoms with Gasteiger partial charge in [-0.1, -0.05) is 24.0 Å². The predicted molar refractivity (Wildman–Crippen MR) is 77.3 cm³/mol. The SMILES string of the molecule is CCOc1ccc2cc(C#CCCCl)ccc2c1. The largest absolute Gasteiger partial charge is 0.494 e. The average Bonchev–Trinajstić information content (AvgIpc) is 2.39. The lowest BCUT2D eigenvalue weighted by Crippen LogP contribution is -1.90. The Morgan fingerprint density at radius 2 is 1.89 bits per heavy atom. The molecule has 0 heterocycles. The van der Waals surface area contributed by atoms with Crippen molar-refractivity contribution in [1.29, 1.82) is 0 Å². The van der Waals surface area contributed by atoms with Gasteiger partial charge in [0.25, 0.3) is 0 Å². The number of rotatable bonds is 3. The van der Waals surface area contributed by atoms with Gasteiger partial charge in [-0.3, -0.25) is 0 Å². The summed E-state index contributed by atoms with van der Waals surface area (Å²) in [4.78, 5) is 0. The summed E-state index contributed by atoms with van der Waals surface area (Å²) in [5.41, 5.74) is 1.02. The highest BCUT2D eigenvalue weighted by Gasteiger charge is 1.97. The fraction of sp³-hybridized carbons (Fsp3) is 0.250. The molecule has 0 spiro atoms. The van der Waals surface area contributed by atoms with Gasteiger partial charge in [0.2, 0.25) is 0 Å². The molecule has 2 aromatic carbocycles. The van der Waals surface area contributed by atoms with Crippen LogP contribution in [0.1, 0.15) is 18.9 Å². The van der Waals surface area contributed by atoms with E-state index in [1.165, 1.54) is 10.8 Å². The monoisotopic (exact) mass is 258 g/mol. The highest BCUT2D eigenvalue weighted by atomic mass is 35.5. The molecule has 0 bridgehead atoms. The molecule has 92 valence electrons. The minimum atomic E-state index is 0.582. The lowest BCUT2D eigenvalue weighted by molar-refractivity contribution is 0.341. The van der Waals surface area contributed by atoms with E-state index >= 15 is 0 Å². The molecule has 0 aliphatic carbocycles. The molecule has 0 amide bonds. The van der Waals surface area contributed by atoms with Gasteiger partial charge in [0.1, 0.15) is 5.75 Å². The molecule has 0 fully saturated rings. The molecule has 1 nitrogen and oxygen atoms in total. The van der Waals surface area contributed by atoms with E-state index in [1.807, 2.05) is 19.1 Å². The molecule has 0 aromatic heterocycles. The first kappa shape index (κ1) is 12.8. The van der Waals surface area contributed by atoms with Crippen molar-refractivity contribution in [3.05, 3.63) is 42.0 Å². The summed E-state index contributed by atoms with van der Waals surface area (Å²) in [7, 11) is 0. The Morgan fingerprint density at radius 1 is 1.11 bits per heavy atom. The van der Waals surface area contributed by atoms with Crippen LogP contribution in [0.3, 0.4) is 0 Å². The normalized spacial score (nSPS) is 9.89. The minimum Gasteiger partial charge on any atom is -0.494 e. The van der Waals surface area contributed by atoms with Crippen molar-refractivity contribution < 1.29 is 4.74 Å². The van der Waals surface area contributed by atoms with E-state index in [2.05, 4.69) is 36.1 Å². The van der Waals surface area contributed by atoms with Crippen molar-refractivity contribution >= 4 is 22.4 Å². The third-order valence-electron chi connectivity index (χ3n) is 2.57. The highest BCUT2D eigenvalue weighted by molar-refractivity contribution is 6.18. The van der Waals surface area contributed by atoms with Gasteiger partial charge in [0, 0.05) is 17.9 Å². The second-order valence-electron chi connectivity index (χ2n) is 3.90. The molecule has 0 saturated carbocycles. The van der Waals surface area contributed by atoms with Crippen molar-refractivity contribution in [3.8, 4) is 17.6 Å². The van der Waals surface area contributed by atoms with Crippen molar-refractivity contribution in [2.24, 2.45) is 0 Å². The highest BCUT2D eigenvalue weighted by Crippen LogP contribution is 2.21. The van der Waals surface area contributed by atoms with Gasteiger partial charge in [-0.15, -0.1) is 11.6 Å². The number of halogens is 1.